The van der Waals surface area contributed by atoms with Crippen molar-refractivity contribution in [3.63, 3.8) is 0 Å². The quantitative estimate of drug-likeness (QED) is 0.459. The molecule has 2 heterocycles. The summed E-state index contributed by atoms with van der Waals surface area (Å²) in [7, 11) is 1.52. The first-order valence-corrected chi connectivity index (χ1v) is 11.9. The first kappa shape index (κ1) is 23.5. The highest BCUT2D eigenvalue weighted by atomic mass is 32.2. The number of rotatable bonds is 6. The van der Waals surface area contributed by atoms with Crippen molar-refractivity contribution in [2.24, 2.45) is 10.1 Å². The Labute approximate surface area is 211 Å². The van der Waals surface area contributed by atoms with Crippen LogP contribution in [0, 0.1) is 18.2 Å². The monoisotopic (exact) mass is 500 g/mol. The maximum Gasteiger partial charge on any atom is 0.283 e. The van der Waals surface area contributed by atoms with Crippen LogP contribution in [0.15, 0.2) is 82.4 Å². The van der Waals surface area contributed by atoms with E-state index in [0.29, 0.717) is 27.3 Å². The zero-order chi connectivity index (χ0) is 25.2. The molecule has 0 saturated heterocycles. The Morgan fingerprint density at radius 3 is 2.61 bits per heavy atom. The van der Waals surface area contributed by atoms with Gasteiger partial charge in [-0.1, -0.05) is 42.5 Å². The number of amides is 1. The number of hydrogen-bond acceptors (Lipinski definition) is 6. The van der Waals surface area contributed by atoms with Crippen LogP contribution in [0.25, 0.3) is 6.08 Å². The number of carbonyl (C=O) groups excluding carboxylic acids is 1. The predicted molar refractivity (Wildman–Crippen MR) is 139 cm³/mol. The topological polar surface area (TPSA) is 87.3 Å². The molecule has 1 amide bonds. The average Bonchev–Trinajstić information content (AvgIpc) is 3.30. The standard InChI is InChI=1S/C27H21FN4O3S/c1-16-5-3-4-6-20(16)26-31-32-24(29)21(25(33)30-27(32)36-26)13-18-9-12-22(23(14-18)34-2)35-15-17-7-10-19(28)11-8-17/h3-14,29H,15H2,1-2H3/b21-13-,29-24?. The summed E-state index contributed by atoms with van der Waals surface area (Å²) >= 11 is 1.27. The zero-order valence-electron chi connectivity index (χ0n) is 19.5. The van der Waals surface area contributed by atoms with Gasteiger partial charge in [0.15, 0.2) is 17.3 Å². The van der Waals surface area contributed by atoms with Crippen LogP contribution in [-0.4, -0.2) is 34.1 Å². The normalized spacial score (nSPS) is 16.1. The lowest BCUT2D eigenvalue weighted by atomic mass is 10.1. The number of thioether (sulfide) groups is 1. The van der Waals surface area contributed by atoms with E-state index in [4.69, 9.17) is 14.9 Å². The summed E-state index contributed by atoms with van der Waals surface area (Å²) in [5.41, 5.74) is 3.56. The van der Waals surface area contributed by atoms with Gasteiger partial charge in [0.25, 0.3) is 5.91 Å². The van der Waals surface area contributed by atoms with Gasteiger partial charge < -0.3 is 9.47 Å². The Bertz CT molecular complexity index is 1460. The van der Waals surface area contributed by atoms with Gasteiger partial charge in [-0.3, -0.25) is 10.2 Å². The molecule has 1 N–H and O–H groups in total. The van der Waals surface area contributed by atoms with Crippen molar-refractivity contribution in [3.8, 4) is 11.5 Å². The molecule has 0 fully saturated rings. The molecule has 0 bridgehead atoms. The molecule has 0 spiro atoms. The van der Waals surface area contributed by atoms with E-state index in [9.17, 15) is 9.18 Å². The number of hydrazone groups is 1. The summed E-state index contributed by atoms with van der Waals surface area (Å²) in [5, 5.41) is 15.6. The molecule has 0 aliphatic carbocycles. The lowest BCUT2D eigenvalue weighted by Crippen LogP contribution is -2.35. The molecule has 0 aromatic heterocycles. The third-order valence-electron chi connectivity index (χ3n) is 5.64. The average molecular weight is 501 g/mol. The maximum absolute atomic E-state index is 13.1. The van der Waals surface area contributed by atoms with E-state index >= 15 is 0 Å². The van der Waals surface area contributed by atoms with Crippen molar-refractivity contribution < 1.29 is 18.7 Å². The highest BCUT2D eigenvalue weighted by Crippen LogP contribution is 2.33. The van der Waals surface area contributed by atoms with Gasteiger partial charge in [-0.15, -0.1) is 0 Å². The fourth-order valence-corrected chi connectivity index (χ4v) is 4.70. The van der Waals surface area contributed by atoms with Crippen LogP contribution < -0.4 is 9.47 Å². The number of methoxy groups -OCH3 is 1. The van der Waals surface area contributed by atoms with Gasteiger partial charge in [-0.25, -0.2) is 4.39 Å². The Balaban J connectivity index is 1.38. The molecule has 3 aromatic rings. The molecule has 0 radical (unpaired) electrons. The second-order valence-corrected chi connectivity index (χ2v) is 9.02. The summed E-state index contributed by atoms with van der Waals surface area (Å²) < 4.78 is 24.4. The van der Waals surface area contributed by atoms with Crippen LogP contribution in [-0.2, 0) is 11.4 Å². The molecule has 36 heavy (non-hydrogen) atoms. The predicted octanol–water partition coefficient (Wildman–Crippen LogP) is 5.39. The number of halogens is 1. The Kier molecular flexibility index (Phi) is 6.39. The molecule has 0 unspecified atom stereocenters. The smallest absolute Gasteiger partial charge is 0.283 e. The highest BCUT2D eigenvalue weighted by Gasteiger charge is 2.36. The van der Waals surface area contributed by atoms with E-state index in [-0.39, 0.29) is 23.8 Å². The van der Waals surface area contributed by atoms with Crippen molar-refractivity contribution in [1.82, 2.24) is 5.01 Å². The molecule has 7 nitrogen and oxygen atoms in total. The lowest BCUT2D eigenvalue weighted by Gasteiger charge is -2.20. The number of ether oxygens (including phenoxy) is 2. The summed E-state index contributed by atoms with van der Waals surface area (Å²) in [4.78, 5) is 17.0. The highest BCUT2D eigenvalue weighted by molar-refractivity contribution is 8.27. The van der Waals surface area contributed by atoms with Crippen LogP contribution >= 0.6 is 11.8 Å². The number of amidine groups is 2. The van der Waals surface area contributed by atoms with Gasteiger partial charge in [0.1, 0.15) is 17.5 Å². The van der Waals surface area contributed by atoms with Crippen LogP contribution in [0.1, 0.15) is 22.3 Å². The summed E-state index contributed by atoms with van der Waals surface area (Å²) in [6, 6.07) is 19.1. The second-order valence-electron chi connectivity index (χ2n) is 8.07. The second kappa shape index (κ2) is 9.79. The number of aryl methyl sites for hydroxylation is 1. The van der Waals surface area contributed by atoms with Gasteiger partial charge in [-0.05, 0) is 65.7 Å². The van der Waals surface area contributed by atoms with E-state index < -0.39 is 5.91 Å². The van der Waals surface area contributed by atoms with Crippen LogP contribution in [0.5, 0.6) is 11.5 Å². The van der Waals surface area contributed by atoms with E-state index in [2.05, 4.69) is 10.1 Å². The minimum atomic E-state index is -0.504. The largest absolute Gasteiger partial charge is 0.493 e. The van der Waals surface area contributed by atoms with E-state index in [1.165, 1.54) is 36.0 Å². The molecule has 5 rings (SSSR count). The van der Waals surface area contributed by atoms with Crippen molar-refractivity contribution in [3.05, 3.63) is 100 Å². The fraction of sp³-hybridized carbons (Fsp3) is 0.111. The molecular weight excluding hydrogens is 479 g/mol. The lowest BCUT2D eigenvalue weighted by molar-refractivity contribution is -0.114. The summed E-state index contributed by atoms with van der Waals surface area (Å²) in [5.74, 6) is 0.102. The van der Waals surface area contributed by atoms with E-state index in [1.54, 1.807) is 36.4 Å². The SMILES string of the molecule is COc1cc(/C=C2/C(=N)N3N=C(c4ccccc4C)SC3=NC2=O)ccc1OCc1ccc(F)cc1. The number of nitrogens with one attached hydrogen (secondary N) is 1. The molecule has 9 heteroatoms. The molecule has 180 valence electrons. The Hall–Kier alpha value is -4.24. The van der Waals surface area contributed by atoms with Gasteiger partial charge in [0.2, 0.25) is 5.17 Å². The molecule has 0 saturated carbocycles. The van der Waals surface area contributed by atoms with Crippen molar-refractivity contribution in [2.75, 3.05) is 7.11 Å². The first-order valence-electron chi connectivity index (χ1n) is 11.0. The molecule has 2 aliphatic rings. The van der Waals surface area contributed by atoms with Gasteiger partial charge in [0, 0.05) is 5.56 Å². The van der Waals surface area contributed by atoms with Crippen LogP contribution in [0.3, 0.4) is 0 Å². The Morgan fingerprint density at radius 1 is 1.08 bits per heavy atom. The maximum atomic E-state index is 13.1. The third-order valence-corrected chi connectivity index (χ3v) is 6.58. The minimum Gasteiger partial charge on any atom is -0.493 e. The van der Waals surface area contributed by atoms with E-state index in [0.717, 1.165) is 16.7 Å². The summed E-state index contributed by atoms with van der Waals surface area (Å²) in [6.45, 7) is 2.23. The molecule has 3 aromatic carbocycles. The minimum absolute atomic E-state index is 0.0447. The molecule has 0 atom stereocenters. The van der Waals surface area contributed by atoms with Crippen molar-refractivity contribution in [2.45, 2.75) is 13.5 Å². The van der Waals surface area contributed by atoms with Gasteiger partial charge in [-0.2, -0.15) is 15.1 Å². The third kappa shape index (κ3) is 4.65. The van der Waals surface area contributed by atoms with Gasteiger partial charge in [0.05, 0.1) is 12.7 Å². The number of hydrogen-bond donors (Lipinski definition) is 1. The van der Waals surface area contributed by atoms with Gasteiger partial charge >= 0.3 is 0 Å². The molecular formula is C27H21FN4O3S. The number of benzene rings is 3. The van der Waals surface area contributed by atoms with Crippen molar-refractivity contribution >= 4 is 39.8 Å². The fourth-order valence-electron chi connectivity index (χ4n) is 3.72. The first-order chi connectivity index (χ1) is 17.4. The number of aliphatic imine (C=N–C) groups is 1. The zero-order valence-corrected chi connectivity index (χ0v) is 20.3. The molecule has 2 aliphatic heterocycles. The van der Waals surface area contributed by atoms with Crippen LogP contribution in [0.2, 0.25) is 0 Å². The van der Waals surface area contributed by atoms with Crippen LogP contribution in [0.4, 0.5) is 4.39 Å². The number of nitrogens with zero attached hydrogens (tertiary/aromatic N) is 3. The summed E-state index contributed by atoms with van der Waals surface area (Å²) in [6.07, 6.45) is 1.59. The number of carbonyl (C=O) groups is 1. The van der Waals surface area contributed by atoms with E-state index in [1.807, 2.05) is 31.2 Å². The Morgan fingerprint density at radius 2 is 1.86 bits per heavy atom. The number of fused-ring (bicyclic) bond motifs is 1. The van der Waals surface area contributed by atoms with Crippen molar-refractivity contribution in [1.29, 1.82) is 5.41 Å².